The maximum absolute atomic E-state index is 5.47. The summed E-state index contributed by atoms with van der Waals surface area (Å²) < 4.78 is 16.4. The summed E-state index contributed by atoms with van der Waals surface area (Å²) in [5.41, 5.74) is 1.15. The summed E-state index contributed by atoms with van der Waals surface area (Å²) >= 11 is 1.76. The van der Waals surface area contributed by atoms with Crippen molar-refractivity contribution in [1.29, 1.82) is 0 Å². The summed E-state index contributed by atoms with van der Waals surface area (Å²) in [7, 11) is 6.76. The fourth-order valence-corrected chi connectivity index (χ4v) is 4.16. The van der Waals surface area contributed by atoms with E-state index in [-0.39, 0.29) is 24.0 Å². The molecule has 1 aromatic carbocycles. The maximum atomic E-state index is 5.47. The lowest BCUT2D eigenvalue weighted by atomic mass is 10.1. The minimum absolute atomic E-state index is 0. The summed E-state index contributed by atoms with van der Waals surface area (Å²) in [5, 5.41) is 5.57. The maximum Gasteiger partial charge on any atom is 0.203 e. The Morgan fingerprint density at radius 3 is 2.23 bits per heavy atom. The molecule has 1 aromatic heterocycles. The lowest BCUT2D eigenvalue weighted by Crippen LogP contribution is -2.52. The summed E-state index contributed by atoms with van der Waals surface area (Å²) in [6, 6.07) is 8.26. The Balaban J connectivity index is 0.00000320. The minimum atomic E-state index is 0. The van der Waals surface area contributed by atoms with Gasteiger partial charge >= 0.3 is 0 Å². The van der Waals surface area contributed by atoms with Gasteiger partial charge in [-0.1, -0.05) is 6.07 Å². The molecule has 1 fully saturated rings. The first-order chi connectivity index (χ1) is 14.2. The van der Waals surface area contributed by atoms with Crippen molar-refractivity contribution in [3.63, 3.8) is 0 Å². The summed E-state index contributed by atoms with van der Waals surface area (Å²) in [5.74, 6) is 2.98. The van der Waals surface area contributed by atoms with Crippen molar-refractivity contribution in [3.05, 3.63) is 40.1 Å². The number of thiophene rings is 1. The van der Waals surface area contributed by atoms with Crippen molar-refractivity contribution in [2.75, 3.05) is 54.6 Å². The zero-order valence-electron chi connectivity index (χ0n) is 18.0. The van der Waals surface area contributed by atoms with E-state index in [0.717, 1.165) is 50.8 Å². The molecule has 1 aliphatic heterocycles. The van der Waals surface area contributed by atoms with Gasteiger partial charge in [0.2, 0.25) is 5.75 Å². The molecular formula is C21H31IN4O3S. The van der Waals surface area contributed by atoms with Crippen molar-refractivity contribution in [2.45, 2.75) is 13.1 Å². The average Bonchev–Trinajstić information content (AvgIpc) is 3.28. The second-order valence-electron chi connectivity index (χ2n) is 6.78. The molecule has 9 heteroatoms. The zero-order valence-corrected chi connectivity index (χ0v) is 21.2. The third kappa shape index (κ3) is 6.14. The van der Waals surface area contributed by atoms with Gasteiger partial charge in [-0.2, -0.15) is 0 Å². The number of guanidine groups is 1. The molecule has 0 atom stereocenters. The average molecular weight is 546 g/mol. The van der Waals surface area contributed by atoms with Gasteiger partial charge in [-0.3, -0.25) is 9.89 Å². The molecule has 0 bridgehead atoms. The van der Waals surface area contributed by atoms with Crippen molar-refractivity contribution >= 4 is 41.3 Å². The first-order valence-electron chi connectivity index (χ1n) is 9.67. The number of nitrogens with one attached hydrogen (secondary N) is 1. The smallest absolute Gasteiger partial charge is 0.203 e. The molecule has 30 heavy (non-hydrogen) atoms. The number of ether oxygens (including phenoxy) is 3. The molecule has 166 valence electrons. The third-order valence-corrected chi connectivity index (χ3v) is 5.89. The molecule has 2 aromatic rings. The normalized spacial score (nSPS) is 14.8. The number of hydrogen-bond acceptors (Lipinski definition) is 6. The van der Waals surface area contributed by atoms with E-state index in [1.165, 1.54) is 4.88 Å². The van der Waals surface area contributed by atoms with Crippen LogP contribution in [-0.2, 0) is 13.1 Å². The Hall–Kier alpha value is -1.72. The van der Waals surface area contributed by atoms with Crippen LogP contribution in [0.15, 0.2) is 34.6 Å². The third-order valence-electron chi connectivity index (χ3n) is 5.02. The van der Waals surface area contributed by atoms with Gasteiger partial charge in [-0.15, -0.1) is 35.3 Å². The van der Waals surface area contributed by atoms with Crippen molar-refractivity contribution < 1.29 is 14.2 Å². The van der Waals surface area contributed by atoms with Crippen LogP contribution in [0.5, 0.6) is 17.2 Å². The standard InChI is InChI=1S/C21H30N4O3S.HI/c1-22-21(23-14-17-6-5-11-29-17)25-9-7-24(8-10-25)15-16-12-18(26-2)20(28-4)19(13-16)27-3;/h5-6,11-13H,7-10,14-15H2,1-4H3,(H,22,23);1H. The van der Waals surface area contributed by atoms with E-state index in [0.29, 0.717) is 17.2 Å². The van der Waals surface area contributed by atoms with Crippen LogP contribution in [0, 0.1) is 0 Å². The lowest BCUT2D eigenvalue weighted by Gasteiger charge is -2.36. The van der Waals surface area contributed by atoms with Crippen molar-refractivity contribution in [1.82, 2.24) is 15.1 Å². The number of rotatable bonds is 7. The highest BCUT2D eigenvalue weighted by Gasteiger charge is 2.21. The molecule has 1 N–H and O–H groups in total. The van der Waals surface area contributed by atoms with Gasteiger partial charge in [0.05, 0.1) is 27.9 Å². The largest absolute Gasteiger partial charge is 0.493 e. The van der Waals surface area contributed by atoms with E-state index in [1.807, 2.05) is 19.2 Å². The number of methoxy groups -OCH3 is 3. The van der Waals surface area contributed by atoms with Crippen LogP contribution >= 0.6 is 35.3 Å². The van der Waals surface area contributed by atoms with E-state index < -0.39 is 0 Å². The molecule has 0 spiro atoms. The van der Waals surface area contributed by atoms with Gasteiger partial charge in [-0.05, 0) is 29.1 Å². The van der Waals surface area contributed by atoms with E-state index in [1.54, 1.807) is 32.7 Å². The van der Waals surface area contributed by atoms with Gasteiger partial charge in [-0.25, -0.2) is 0 Å². The lowest BCUT2D eigenvalue weighted by molar-refractivity contribution is 0.172. The van der Waals surface area contributed by atoms with Crippen LogP contribution in [0.4, 0.5) is 0 Å². The van der Waals surface area contributed by atoms with Crippen LogP contribution in [0.1, 0.15) is 10.4 Å². The zero-order chi connectivity index (χ0) is 20.6. The molecule has 0 aliphatic carbocycles. The number of benzene rings is 1. The van der Waals surface area contributed by atoms with Crippen molar-refractivity contribution in [2.24, 2.45) is 4.99 Å². The van der Waals surface area contributed by atoms with Crippen LogP contribution in [0.25, 0.3) is 0 Å². The monoisotopic (exact) mass is 546 g/mol. The van der Waals surface area contributed by atoms with Gasteiger partial charge < -0.3 is 24.4 Å². The Labute approximate surface area is 200 Å². The van der Waals surface area contributed by atoms with Gasteiger partial charge in [0.1, 0.15) is 0 Å². The number of hydrogen-bond donors (Lipinski definition) is 1. The molecule has 1 saturated heterocycles. The first kappa shape index (κ1) is 24.5. The summed E-state index contributed by atoms with van der Waals surface area (Å²) in [6.45, 7) is 5.47. The summed E-state index contributed by atoms with van der Waals surface area (Å²) in [4.78, 5) is 10.5. The predicted octanol–water partition coefficient (Wildman–Crippen LogP) is 3.29. The van der Waals surface area contributed by atoms with Gasteiger partial charge in [0.25, 0.3) is 0 Å². The second-order valence-corrected chi connectivity index (χ2v) is 7.81. The van der Waals surface area contributed by atoms with E-state index in [4.69, 9.17) is 14.2 Å². The predicted molar refractivity (Wildman–Crippen MR) is 133 cm³/mol. The fraction of sp³-hybridized carbons (Fsp3) is 0.476. The van der Waals surface area contributed by atoms with Crippen LogP contribution in [0.2, 0.25) is 0 Å². The van der Waals surface area contributed by atoms with Crippen molar-refractivity contribution in [3.8, 4) is 17.2 Å². The second kappa shape index (κ2) is 12.2. The highest BCUT2D eigenvalue weighted by molar-refractivity contribution is 14.0. The molecule has 0 unspecified atom stereocenters. The topological polar surface area (TPSA) is 58.6 Å². The SMILES string of the molecule is CN=C(NCc1cccs1)N1CCN(Cc2cc(OC)c(OC)c(OC)c2)CC1.I. The van der Waals surface area contributed by atoms with Gasteiger partial charge in [0.15, 0.2) is 17.5 Å². The minimum Gasteiger partial charge on any atom is -0.493 e. The Kier molecular flexibility index (Phi) is 9.99. The Morgan fingerprint density at radius 2 is 1.73 bits per heavy atom. The molecule has 1 aliphatic rings. The van der Waals surface area contributed by atoms with E-state index >= 15 is 0 Å². The van der Waals surface area contributed by atoms with E-state index in [9.17, 15) is 0 Å². The molecule has 0 radical (unpaired) electrons. The van der Waals surface area contributed by atoms with Crippen LogP contribution in [0.3, 0.4) is 0 Å². The molecule has 0 amide bonds. The molecule has 0 saturated carbocycles. The van der Waals surface area contributed by atoms with Crippen LogP contribution < -0.4 is 19.5 Å². The first-order valence-corrected chi connectivity index (χ1v) is 10.6. The Bertz CT molecular complexity index is 784. The highest BCUT2D eigenvalue weighted by atomic mass is 127. The van der Waals surface area contributed by atoms with Crippen LogP contribution in [-0.4, -0.2) is 70.3 Å². The number of aliphatic imine (C=N–C) groups is 1. The highest BCUT2D eigenvalue weighted by Crippen LogP contribution is 2.38. The molecule has 2 heterocycles. The number of piperazine rings is 1. The molecular weight excluding hydrogens is 515 g/mol. The van der Waals surface area contributed by atoms with E-state index in [2.05, 4.69) is 37.6 Å². The summed E-state index contributed by atoms with van der Waals surface area (Å²) in [6.07, 6.45) is 0. The molecule has 3 rings (SSSR count). The Morgan fingerprint density at radius 1 is 1.07 bits per heavy atom. The number of nitrogens with zero attached hydrogens (tertiary/aromatic N) is 3. The fourth-order valence-electron chi connectivity index (χ4n) is 3.51. The molecule has 7 nitrogen and oxygen atoms in total. The quantitative estimate of drug-likeness (QED) is 0.327. The number of halogens is 1. The van der Waals surface area contributed by atoms with Gasteiger partial charge in [0, 0.05) is 44.6 Å².